The van der Waals surface area contributed by atoms with Gasteiger partial charge in [0, 0.05) is 31.9 Å². The van der Waals surface area contributed by atoms with Crippen LogP contribution in [0.15, 0.2) is 36.7 Å². The number of tetrazole rings is 1. The molecule has 2 aromatic heterocycles. The number of carbonyl (C=O) groups excluding carboxylic acids is 1. The van der Waals surface area contributed by atoms with Gasteiger partial charge in [0.2, 0.25) is 5.91 Å². The zero-order chi connectivity index (χ0) is 18.8. The molecule has 3 heterocycles. The SMILES string of the molecule is CN(Cc1cnn(-c2ccc(F)cc2)c1)C(=O)[C@@H]1CCCCn2nnnc21. The second-order valence-electron chi connectivity index (χ2n) is 6.77. The van der Waals surface area contributed by atoms with Crippen LogP contribution in [-0.4, -0.2) is 47.8 Å². The topological polar surface area (TPSA) is 81.7 Å². The van der Waals surface area contributed by atoms with E-state index < -0.39 is 0 Å². The summed E-state index contributed by atoms with van der Waals surface area (Å²) in [5.41, 5.74) is 1.66. The van der Waals surface area contributed by atoms with Crippen LogP contribution < -0.4 is 0 Å². The molecule has 8 nitrogen and oxygen atoms in total. The molecule has 0 N–H and O–H groups in total. The second kappa shape index (κ2) is 7.26. The number of carbonyl (C=O) groups is 1. The standard InChI is InChI=1S/C18H20FN7O/c1-24(18(27)16-4-2-3-9-25-17(16)21-22-23-25)11-13-10-20-26(12-13)15-7-5-14(19)6-8-15/h5-8,10,12,16H,2-4,9,11H2,1H3/t16-/m1/s1. The molecule has 0 radical (unpaired) electrons. The molecule has 3 aromatic rings. The lowest BCUT2D eigenvalue weighted by Crippen LogP contribution is -2.32. The number of aryl methyl sites for hydroxylation is 1. The number of fused-ring (bicyclic) bond motifs is 1. The fourth-order valence-electron chi connectivity index (χ4n) is 3.39. The molecule has 9 heteroatoms. The van der Waals surface area contributed by atoms with Crippen molar-refractivity contribution in [1.82, 2.24) is 34.9 Å². The molecular formula is C18H20FN7O. The van der Waals surface area contributed by atoms with Crippen molar-refractivity contribution >= 4 is 5.91 Å². The fraction of sp³-hybridized carbons (Fsp3) is 0.389. The summed E-state index contributed by atoms with van der Waals surface area (Å²) in [5.74, 6) is 0.0377. The van der Waals surface area contributed by atoms with Gasteiger partial charge < -0.3 is 4.90 Å². The number of amides is 1. The number of nitrogens with zero attached hydrogens (tertiary/aromatic N) is 7. The minimum atomic E-state index is -0.320. The van der Waals surface area contributed by atoms with Gasteiger partial charge in [0.25, 0.3) is 0 Å². The lowest BCUT2D eigenvalue weighted by Gasteiger charge is -2.21. The van der Waals surface area contributed by atoms with Crippen LogP contribution in [0.2, 0.25) is 0 Å². The largest absolute Gasteiger partial charge is 0.341 e. The first-order chi connectivity index (χ1) is 13.1. The number of likely N-dealkylation sites (N-methyl/N-ethyl adjacent to an activating group) is 1. The van der Waals surface area contributed by atoms with Crippen molar-refractivity contribution in [2.45, 2.75) is 38.3 Å². The van der Waals surface area contributed by atoms with E-state index in [0.717, 1.165) is 37.1 Å². The van der Waals surface area contributed by atoms with Crippen LogP contribution in [0.1, 0.15) is 36.6 Å². The van der Waals surface area contributed by atoms with Gasteiger partial charge in [-0.3, -0.25) is 4.79 Å². The first-order valence-electron chi connectivity index (χ1n) is 8.92. The van der Waals surface area contributed by atoms with Gasteiger partial charge in [-0.1, -0.05) is 6.42 Å². The Labute approximate surface area is 155 Å². The van der Waals surface area contributed by atoms with E-state index in [0.29, 0.717) is 12.4 Å². The van der Waals surface area contributed by atoms with E-state index in [4.69, 9.17) is 0 Å². The highest BCUT2D eigenvalue weighted by Gasteiger charge is 2.30. The van der Waals surface area contributed by atoms with E-state index in [1.165, 1.54) is 12.1 Å². The van der Waals surface area contributed by atoms with Crippen LogP contribution in [0.25, 0.3) is 5.69 Å². The van der Waals surface area contributed by atoms with Crippen LogP contribution in [-0.2, 0) is 17.9 Å². The third-order valence-electron chi connectivity index (χ3n) is 4.81. The molecule has 0 bridgehead atoms. The quantitative estimate of drug-likeness (QED) is 0.702. The van der Waals surface area contributed by atoms with Crippen molar-refractivity contribution in [3.8, 4) is 5.69 Å². The summed E-state index contributed by atoms with van der Waals surface area (Å²) in [4.78, 5) is 14.7. The van der Waals surface area contributed by atoms with Crippen molar-refractivity contribution in [3.63, 3.8) is 0 Å². The van der Waals surface area contributed by atoms with E-state index in [-0.39, 0.29) is 17.6 Å². The van der Waals surface area contributed by atoms with Gasteiger partial charge in [0.05, 0.1) is 17.8 Å². The average Bonchev–Trinajstić information content (AvgIpc) is 3.28. The van der Waals surface area contributed by atoms with Crippen molar-refractivity contribution in [1.29, 1.82) is 0 Å². The molecule has 0 aliphatic carbocycles. The van der Waals surface area contributed by atoms with E-state index in [2.05, 4.69) is 20.6 Å². The van der Waals surface area contributed by atoms with E-state index in [1.807, 2.05) is 6.20 Å². The molecule has 140 valence electrons. The highest BCUT2D eigenvalue weighted by molar-refractivity contribution is 5.82. The molecule has 1 aliphatic heterocycles. The first kappa shape index (κ1) is 17.3. The molecule has 0 unspecified atom stereocenters. The molecule has 0 saturated carbocycles. The molecule has 1 aliphatic rings. The van der Waals surface area contributed by atoms with Gasteiger partial charge in [-0.05, 0) is 47.5 Å². The number of halogens is 1. The minimum Gasteiger partial charge on any atom is -0.341 e. The number of hydrogen-bond donors (Lipinski definition) is 0. The zero-order valence-electron chi connectivity index (χ0n) is 15.0. The summed E-state index contributed by atoms with van der Waals surface area (Å²) >= 11 is 0. The molecule has 0 spiro atoms. The van der Waals surface area contributed by atoms with Crippen LogP contribution >= 0.6 is 0 Å². The van der Waals surface area contributed by atoms with Crippen LogP contribution in [0.3, 0.4) is 0 Å². The third kappa shape index (κ3) is 3.57. The fourth-order valence-corrected chi connectivity index (χ4v) is 3.39. The maximum absolute atomic E-state index is 13.1. The van der Waals surface area contributed by atoms with E-state index >= 15 is 0 Å². The lowest BCUT2D eigenvalue weighted by molar-refractivity contribution is -0.132. The average molecular weight is 369 g/mol. The molecule has 1 aromatic carbocycles. The highest BCUT2D eigenvalue weighted by atomic mass is 19.1. The highest BCUT2D eigenvalue weighted by Crippen LogP contribution is 2.26. The predicted molar refractivity (Wildman–Crippen MR) is 94.4 cm³/mol. The number of hydrogen-bond acceptors (Lipinski definition) is 5. The molecule has 4 rings (SSSR count). The van der Waals surface area contributed by atoms with Crippen molar-refractivity contribution in [2.24, 2.45) is 0 Å². The first-order valence-corrected chi connectivity index (χ1v) is 8.92. The van der Waals surface area contributed by atoms with Gasteiger partial charge in [0.1, 0.15) is 5.82 Å². The minimum absolute atomic E-state index is 0.00230. The summed E-state index contributed by atoms with van der Waals surface area (Å²) in [7, 11) is 1.77. The van der Waals surface area contributed by atoms with Gasteiger partial charge >= 0.3 is 0 Å². The van der Waals surface area contributed by atoms with Gasteiger partial charge in [-0.25, -0.2) is 13.8 Å². The normalized spacial score (nSPS) is 16.6. The number of benzene rings is 1. The molecule has 0 saturated heterocycles. The van der Waals surface area contributed by atoms with Crippen LogP contribution in [0.4, 0.5) is 4.39 Å². The second-order valence-corrected chi connectivity index (χ2v) is 6.77. The molecule has 0 fully saturated rings. The number of aromatic nitrogens is 6. The summed E-state index contributed by atoms with van der Waals surface area (Å²) in [5, 5.41) is 16.1. The monoisotopic (exact) mass is 369 g/mol. The van der Waals surface area contributed by atoms with E-state index in [9.17, 15) is 9.18 Å². The van der Waals surface area contributed by atoms with Gasteiger partial charge in [-0.15, -0.1) is 5.10 Å². The van der Waals surface area contributed by atoms with Gasteiger partial charge in [-0.2, -0.15) is 5.10 Å². The Balaban J connectivity index is 1.47. The van der Waals surface area contributed by atoms with Crippen LogP contribution in [0.5, 0.6) is 0 Å². The maximum Gasteiger partial charge on any atom is 0.233 e. The Hall–Kier alpha value is -3.10. The zero-order valence-corrected chi connectivity index (χ0v) is 15.0. The van der Waals surface area contributed by atoms with E-state index in [1.54, 1.807) is 39.6 Å². The predicted octanol–water partition coefficient (Wildman–Crippen LogP) is 1.92. The van der Waals surface area contributed by atoms with Crippen LogP contribution in [0, 0.1) is 5.82 Å². The Morgan fingerprint density at radius 3 is 2.93 bits per heavy atom. The Kier molecular flexibility index (Phi) is 4.66. The Bertz CT molecular complexity index is 933. The molecule has 1 atom stereocenters. The smallest absolute Gasteiger partial charge is 0.233 e. The Morgan fingerprint density at radius 1 is 1.30 bits per heavy atom. The summed E-state index contributed by atoms with van der Waals surface area (Å²) < 4.78 is 16.5. The van der Waals surface area contributed by atoms with Crippen molar-refractivity contribution in [2.75, 3.05) is 7.05 Å². The molecule has 1 amide bonds. The third-order valence-corrected chi connectivity index (χ3v) is 4.81. The summed E-state index contributed by atoms with van der Waals surface area (Å²) in [6.45, 7) is 1.18. The van der Waals surface area contributed by atoms with Gasteiger partial charge in [0.15, 0.2) is 5.82 Å². The summed E-state index contributed by atoms with van der Waals surface area (Å²) in [6, 6.07) is 6.10. The molecule has 27 heavy (non-hydrogen) atoms. The number of rotatable bonds is 4. The molecular weight excluding hydrogens is 349 g/mol. The van der Waals surface area contributed by atoms with Crippen molar-refractivity contribution < 1.29 is 9.18 Å². The van der Waals surface area contributed by atoms with Crippen molar-refractivity contribution in [3.05, 3.63) is 53.9 Å². The lowest BCUT2D eigenvalue weighted by atomic mass is 10.0. The Morgan fingerprint density at radius 2 is 2.11 bits per heavy atom. The summed E-state index contributed by atoms with van der Waals surface area (Å²) in [6.07, 6.45) is 6.23. The maximum atomic E-state index is 13.1.